The first-order chi connectivity index (χ1) is 6.09. The Hall–Kier alpha value is -0.570. The summed E-state index contributed by atoms with van der Waals surface area (Å²) in [6.07, 6.45) is 1.80. The van der Waals surface area contributed by atoms with Gasteiger partial charge in [0.2, 0.25) is 5.91 Å². The number of hydrogen-bond acceptors (Lipinski definition) is 2. The topological polar surface area (TPSA) is 32.3 Å². The fourth-order valence-electron chi connectivity index (χ4n) is 3.07. The fraction of sp³-hybridized carbons (Fsp3) is 0.900. The van der Waals surface area contributed by atoms with Crippen molar-refractivity contribution in [3.8, 4) is 0 Å². The maximum absolute atomic E-state index is 11.6. The van der Waals surface area contributed by atoms with E-state index in [1.54, 1.807) is 0 Å². The van der Waals surface area contributed by atoms with Crippen LogP contribution in [0.25, 0.3) is 0 Å². The molecule has 0 spiro atoms. The molecule has 2 fully saturated rings. The number of nitrogens with one attached hydrogen (secondary N) is 1. The molecule has 2 rings (SSSR count). The minimum Gasteiger partial charge on any atom is -0.338 e. The number of carbonyl (C=O) groups excluding carboxylic acids is 1. The molecule has 0 aromatic rings. The van der Waals surface area contributed by atoms with Gasteiger partial charge < -0.3 is 10.2 Å². The van der Waals surface area contributed by atoms with E-state index in [-0.39, 0.29) is 5.54 Å². The van der Waals surface area contributed by atoms with Gasteiger partial charge in [0, 0.05) is 19.5 Å². The van der Waals surface area contributed by atoms with Crippen molar-refractivity contribution in [1.82, 2.24) is 10.2 Å². The lowest BCUT2D eigenvalue weighted by atomic mass is 9.81. The van der Waals surface area contributed by atoms with E-state index in [4.69, 9.17) is 0 Å². The van der Waals surface area contributed by atoms with Crippen LogP contribution >= 0.6 is 0 Å². The normalized spacial score (nSPS) is 38.9. The van der Waals surface area contributed by atoms with Crippen LogP contribution in [0.15, 0.2) is 0 Å². The molecule has 2 aliphatic rings. The second-order valence-corrected chi connectivity index (χ2v) is 4.56. The predicted octanol–water partition coefficient (Wildman–Crippen LogP) is 0.605. The second-order valence-electron chi connectivity index (χ2n) is 4.56. The lowest BCUT2D eigenvalue weighted by Crippen LogP contribution is -2.52. The number of carbonyl (C=O) groups is 1. The average Bonchev–Trinajstić information content (AvgIpc) is 2.55. The molecule has 2 atom stereocenters. The first-order valence-corrected chi connectivity index (χ1v) is 5.09. The summed E-state index contributed by atoms with van der Waals surface area (Å²) in [5.41, 5.74) is 0.108. The Bertz CT molecular complexity index is 239. The third kappa shape index (κ3) is 0.966. The number of amides is 1. The van der Waals surface area contributed by atoms with Crippen molar-refractivity contribution in [1.29, 1.82) is 0 Å². The van der Waals surface area contributed by atoms with E-state index >= 15 is 0 Å². The molecular formula is C10H18N2O. The summed E-state index contributed by atoms with van der Waals surface area (Å²) in [5.74, 6) is 0.842. The van der Waals surface area contributed by atoms with Crippen molar-refractivity contribution < 1.29 is 4.79 Å². The van der Waals surface area contributed by atoms with Crippen LogP contribution in [-0.4, -0.2) is 36.0 Å². The molecule has 0 bridgehead atoms. The van der Waals surface area contributed by atoms with E-state index in [1.807, 2.05) is 11.9 Å². The van der Waals surface area contributed by atoms with Gasteiger partial charge in [0.05, 0.1) is 5.54 Å². The molecule has 0 aromatic carbocycles. The van der Waals surface area contributed by atoms with Crippen LogP contribution < -0.4 is 5.32 Å². The van der Waals surface area contributed by atoms with Crippen molar-refractivity contribution in [2.45, 2.75) is 38.3 Å². The smallest absolute Gasteiger partial charge is 0.224 e. The summed E-state index contributed by atoms with van der Waals surface area (Å²) in [4.78, 5) is 13.6. The molecule has 2 aliphatic heterocycles. The van der Waals surface area contributed by atoms with Crippen LogP contribution in [0, 0.1) is 5.92 Å². The summed E-state index contributed by atoms with van der Waals surface area (Å²) in [6, 6.07) is 0.394. The summed E-state index contributed by atoms with van der Waals surface area (Å²) in [7, 11) is 1.95. The second kappa shape index (κ2) is 2.71. The molecule has 2 saturated heterocycles. The molecule has 3 nitrogen and oxygen atoms in total. The fourth-order valence-corrected chi connectivity index (χ4v) is 3.07. The standard InChI is InChI=1S/C10H18N2O/c1-7(2)10-4-5-11-8(10)6-9(13)12(10)3/h7-8,11H,4-6H2,1-3H3. The molecule has 1 amide bonds. The van der Waals surface area contributed by atoms with Crippen molar-refractivity contribution in [2.75, 3.05) is 13.6 Å². The van der Waals surface area contributed by atoms with E-state index in [9.17, 15) is 4.79 Å². The van der Waals surface area contributed by atoms with Gasteiger partial charge in [0.15, 0.2) is 0 Å². The Morgan fingerprint density at radius 1 is 1.62 bits per heavy atom. The molecule has 1 N–H and O–H groups in total. The largest absolute Gasteiger partial charge is 0.338 e. The monoisotopic (exact) mass is 182 g/mol. The highest BCUT2D eigenvalue weighted by atomic mass is 16.2. The van der Waals surface area contributed by atoms with Gasteiger partial charge in [0.25, 0.3) is 0 Å². The van der Waals surface area contributed by atoms with Crippen molar-refractivity contribution in [3.63, 3.8) is 0 Å². The van der Waals surface area contributed by atoms with Crippen molar-refractivity contribution in [2.24, 2.45) is 5.92 Å². The van der Waals surface area contributed by atoms with Gasteiger partial charge in [-0.2, -0.15) is 0 Å². The molecule has 74 valence electrons. The van der Waals surface area contributed by atoms with E-state index in [1.165, 1.54) is 0 Å². The lowest BCUT2D eigenvalue weighted by molar-refractivity contribution is -0.130. The molecule has 3 heteroatoms. The molecule has 13 heavy (non-hydrogen) atoms. The van der Waals surface area contributed by atoms with E-state index in [2.05, 4.69) is 19.2 Å². The minimum absolute atomic E-state index is 0.108. The number of hydrogen-bond donors (Lipinski definition) is 1. The van der Waals surface area contributed by atoms with Crippen molar-refractivity contribution >= 4 is 5.91 Å². The van der Waals surface area contributed by atoms with E-state index in [0.29, 0.717) is 24.3 Å². The van der Waals surface area contributed by atoms with Gasteiger partial charge >= 0.3 is 0 Å². The van der Waals surface area contributed by atoms with Crippen molar-refractivity contribution in [3.05, 3.63) is 0 Å². The van der Waals surface area contributed by atoms with Gasteiger partial charge in [-0.25, -0.2) is 0 Å². The Morgan fingerprint density at radius 2 is 2.31 bits per heavy atom. The zero-order valence-corrected chi connectivity index (χ0v) is 8.63. The zero-order valence-electron chi connectivity index (χ0n) is 8.63. The molecule has 0 aliphatic carbocycles. The Labute approximate surface area is 79.5 Å². The van der Waals surface area contributed by atoms with Crippen LogP contribution in [0.2, 0.25) is 0 Å². The highest BCUT2D eigenvalue weighted by Gasteiger charge is 2.55. The minimum atomic E-state index is 0.108. The number of likely N-dealkylation sites (N-methyl/N-ethyl adjacent to an activating group) is 1. The maximum atomic E-state index is 11.6. The first-order valence-electron chi connectivity index (χ1n) is 5.09. The lowest BCUT2D eigenvalue weighted by Gasteiger charge is -2.39. The number of likely N-dealkylation sites (tertiary alicyclic amines) is 1. The van der Waals surface area contributed by atoms with Crippen LogP contribution in [0.3, 0.4) is 0 Å². The van der Waals surface area contributed by atoms with E-state index in [0.717, 1.165) is 13.0 Å². The first kappa shape index (κ1) is 9.00. The third-order valence-electron chi connectivity index (χ3n) is 3.90. The summed E-state index contributed by atoms with van der Waals surface area (Å²) in [5, 5.41) is 3.44. The predicted molar refractivity (Wildman–Crippen MR) is 51.4 cm³/mol. The molecule has 2 unspecified atom stereocenters. The van der Waals surface area contributed by atoms with Gasteiger partial charge in [-0.15, -0.1) is 0 Å². The number of fused-ring (bicyclic) bond motifs is 1. The third-order valence-corrected chi connectivity index (χ3v) is 3.90. The zero-order chi connectivity index (χ0) is 9.64. The number of nitrogens with zero attached hydrogens (tertiary/aromatic N) is 1. The van der Waals surface area contributed by atoms with Gasteiger partial charge in [-0.05, 0) is 18.9 Å². The molecule has 0 saturated carbocycles. The average molecular weight is 182 g/mol. The SMILES string of the molecule is CC(C)C12CCNC1CC(=O)N2C. The van der Waals surface area contributed by atoms with Gasteiger partial charge in [0.1, 0.15) is 0 Å². The Morgan fingerprint density at radius 3 is 2.85 bits per heavy atom. The summed E-state index contributed by atoms with van der Waals surface area (Å²) >= 11 is 0. The Kier molecular flexibility index (Phi) is 1.88. The highest BCUT2D eigenvalue weighted by molar-refractivity contribution is 5.81. The van der Waals surface area contributed by atoms with Crippen LogP contribution in [0.4, 0.5) is 0 Å². The molecular weight excluding hydrogens is 164 g/mol. The van der Waals surface area contributed by atoms with Crippen LogP contribution in [0.1, 0.15) is 26.7 Å². The van der Waals surface area contributed by atoms with Gasteiger partial charge in [-0.1, -0.05) is 13.8 Å². The number of rotatable bonds is 1. The van der Waals surface area contributed by atoms with Crippen LogP contribution in [-0.2, 0) is 4.79 Å². The Balaban J connectivity index is 2.35. The molecule has 0 aromatic heterocycles. The quantitative estimate of drug-likeness (QED) is 0.644. The van der Waals surface area contributed by atoms with Crippen LogP contribution in [0.5, 0.6) is 0 Å². The summed E-state index contributed by atoms with van der Waals surface area (Å²) in [6.45, 7) is 5.49. The van der Waals surface area contributed by atoms with E-state index < -0.39 is 0 Å². The highest BCUT2D eigenvalue weighted by Crippen LogP contribution is 2.41. The summed E-state index contributed by atoms with van der Waals surface area (Å²) < 4.78 is 0. The molecule has 2 heterocycles. The molecule has 0 radical (unpaired) electrons. The maximum Gasteiger partial charge on any atom is 0.224 e. The van der Waals surface area contributed by atoms with Gasteiger partial charge in [-0.3, -0.25) is 4.79 Å².